The average molecular weight is 264 g/mol. The van der Waals surface area contributed by atoms with Gasteiger partial charge in [-0.3, -0.25) is 4.79 Å². The molecule has 18 heavy (non-hydrogen) atoms. The summed E-state index contributed by atoms with van der Waals surface area (Å²) >= 11 is 1.62. The first-order valence-electron chi connectivity index (χ1n) is 6.32. The minimum atomic E-state index is 0.132. The second kappa shape index (κ2) is 6.25. The van der Waals surface area contributed by atoms with Crippen molar-refractivity contribution in [3.63, 3.8) is 0 Å². The van der Waals surface area contributed by atoms with Crippen molar-refractivity contribution >= 4 is 17.7 Å². The Kier molecular flexibility index (Phi) is 4.66. The molecule has 1 aliphatic rings. The van der Waals surface area contributed by atoms with Crippen LogP contribution in [0.2, 0.25) is 0 Å². The summed E-state index contributed by atoms with van der Waals surface area (Å²) < 4.78 is 0. The van der Waals surface area contributed by atoms with Crippen molar-refractivity contribution < 1.29 is 4.79 Å². The standard InChI is InChI=1S/C14H20N2OS/c1-10-3-4-11(2)13(5-10)18-9-14(17)16-8-12-6-15-7-12/h3-5,12,15H,6-9H2,1-2H3,(H,16,17). The van der Waals surface area contributed by atoms with Crippen molar-refractivity contribution in [1.29, 1.82) is 0 Å². The molecule has 1 aromatic carbocycles. The SMILES string of the molecule is Cc1ccc(C)c(SCC(=O)NCC2CNC2)c1. The summed E-state index contributed by atoms with van der Waals surface area (Å²) in [6.45, 7) is 7.03. The summed E-state index contributed by atoms with van der Waals surface area (Å²) in [4.78, 5) is 12.9. The number of rotatable bonds is 5. The molecule has 0 bridgehead atoms. The number of aryl methyl sites for hydroxylation is 2. The van der Waals surface area contributed by atoms with Gasteiger partial charge in [0.1, 0.15) is 0 Å². The van der Waals surface area contributed by atoms with Crippen molar-refractivity contribution in [1.82, 2.24) is 10.6 Å². The van der Waals surface area contributed by atoms with Gasteiger partial charge >= 0.3 is 0 Å². The van der Waals surface area contributed by atoms with Crippen LogP contribution >= 0.6 is 11.8 Å². The van der Waals surface area contributed by atoms with E-state index in [4.69, 9.17) is 0 Å². The quantitative estimate of drug-likeness (QED) is 0.796. The van der Waals surface area contributed by atoms with Crippen LogP contribution in [0, 0.1) is 19.8 Å². The Hall–Kier alpha value is -1.00. The molecular formula is C14H20N2OS. The predicted molar refractivity (Wildman–Crippen MR) is 76.0 cm³/mol. The Morgan fingerprint density at radius 1 is 1.44 bits per heavy atom. The fraction of sp³-hybridized carbons (Fsp3) is 0.500. The molecule has 2 rings (SSSR count). The Bertz CT molecular complexity index is 430. The maximum absolute atomic E-state index is 11.7. The molecule has 1 fully saturated rings. The lowest BCUT2D eigenvalue weighted by molar-refractivity contribution is -0.118. The van der Waals surface area contributed by atoms with Gasteiger partial charge in [0.2, 0.25) is 5.91 Å². The molecule has 3 nitrogen and oxygen atoms in total. The number of benzene rings is 1. The molecule has 1 saturated heterocycles. The van der Waals surface area contributed by atoms with Crippen LogP contribution in [0.25, 0.3) is 0 Å². The number of hydrogen-bond acceptors (Lipinski definition) is 3. The number of amides is 1. The van der Waals surface area contributed by atoms with Gasteiger partial charge in [-0.2, -0.15) is 0 Å². The Labute approximate surface area is 113 Å². The molecule has 0 unspecified atom stereocenters. The third-order valence-corrected chi connectivity index (χ3v) is 4.31. The largest absolute Gasteiger partial charge is 0.355 e. The van der Waals surface area contributed by atoms with Crippen LogP contribution in [0.4, 0.5) is 0 Å². The molecular weight excluding hydrogens is 244 g/mol. The normalized spacial score (nSPS) is 15.2. The van der Waals surface area contributed by atoms with Crippen molar-refractivity contribution in [2.45, 2.75) is 18.7 Å². The predicted octanol–water partition coefficient (Wildman–Crippen LogP) is 1.73. The van der Waals surface area contributed by atoms with Gasteiger partial charge in [-0.25, -0.2) is 0 Å². The monoisotopic (exact) mass is 264 g/mol. The highest BCUT2D eigenvalue weighted by Crippen LogP contribution is 2.23. The number of thioether (sulfide) groups is 1. The molecule has 0 aliphatic carbocycles. The summed E-state index contributed by atoms with van der Waals surface area (Å²) in [6, 6.07) is 6.35. The highest BCUT2D eigenvalue weighted by molar-refractivity contribution is 8.00. The van der Waals surface area contributed by atoms with Crippen LogP contribution in [0.15, 0.2) is 23.1 Å². The average Bonchev–Trinajstić information content (AvgIpc) is 2.28. The molecule has 1 aromatic rings. The molecule has 0 saturated carbocycles. The number of nitrogens with one attached hydrogen (secondary N) is 2. The number of carbonyl (C=O) groups excluding carboxylic acids is 1. The van der Waals surface area contributed by atoms with Crippen LogP contribution in [0.5, 0.6) is 0 Å². The van der Waals surface area contributed by atoms with Crippen molar-refractivity contribution in [3.8, 4) is 0 Å². The molecule has 2 N–H and O–H groups in total. The highest BCUT2D eigenvalue weighted by Gasteiger charge is 2.17. The van der Waals surface area contributed by atoms with E-state index >= 15 is 0 Å². The lowest BCUT2D eigenvalue weighted by atomic mass is 10.0. The van der Waals surface area contributed by atoms with Gasteiger partial charge < -0.3 is 10.6 Å². The van der Waals surface area contributed by atoms with E-state index in [2.05, 4.69) is 42.7 Å². The molecule has 1 aliphatic heterocycles. The van der Waals surface area contributed by atoms with E-state index in [1.165, 1.54) is 16.0 Å². The number of carbonyl (C=O) groups is 1. The molecule has 0 aromatic heterocycles. The summed E-state index contributed by atoms with van der Waals surface area (Å²) in [5, 5.41) is 6.19. The molecule has 1 amide bonds. The summed E-state index contributed by atoms with van der Waals surface area (Å²) in [6.07, 6.45) is 0. The second-order valence-corrected chi connectivity index (χ2v) is 5.90. The first-order valence-corrected chi connectivity index (χ1v) is 7.31. The van der Waals surface area contributed by atoms with Crippen LogP contribution in [0.1, 0.15) is 11.1 Å². The van der Waals surface area contributed by atoms with Gasteiger partial charge in [0.25, 0.3) is 0 Å². The third kappa shape index (κ3) is 3.75. The van der Waals surface area contributed by atoms with E-state index in [-0.39, 0.29) is 5.91 Å². The van der Waals surface area contributed by atoms with Crippen molar-refractivity contribution in [2.75, 3.05) is 25.4 Å². The zero-order chi connectivity index (χ0) is 13.0. The first kappa shape index (κ1) is 13.4. The Morgan fingerprint density at radius 3 is 2.89 bits per heavy atom. The second-order valence-electron chi connectivity index (χ2n) is 4.89. The maximum Gasteiger partial charge on any atom is 0.230 e. The van der Waals surface area contributed by atoms with Gasteiger partial charge in [0.05, 0.1) is 5.75 Å². The van der Waals surface area contributed by atoms with Gasteiger partial charge in [-0.1, -0.05) is 17.7 Å². The molecule has 0 spiro atoms. The topological polar surface area (TPSA) is 41.1 Å². The smallest absolute Gasteiger partial charge is 0.230 e. The van der Waals surface area contributed by atoms with Crippen LogP contribution in [-0.2, 0) is 4.79 Å². The summed E-state index contributed by atoms with van der Waals surface area (Å²) in [7, 11) is 0. The van der Waals surface area contributed by atoms with E-state index in [9.17, 15) is 4.79 Å². The van der Waals surface area contributed by atoms with E-state index in [0.29, 0.717) is 11.7 Å². The first-order chi connectivity index (χ1) is 8.65. The van der Waals surface area contributed by atoms with Gasteiger partial charge in [0, 0.05) is 30.4 Å². The highest BCUT2D eigenvalue weighted by atomic mass is 32.2. The van der Waals surface area contributed by atoms with Crippen LogP contribution < -0.4 is 10.6 Å². The van der Waals surface area contributed by atoms with E-state index < -0.39 is 0 Å². The van der Waals surface area contributed by atoms with Crippen molar-refractivity contribution in [3.05, 3.63) is 29.3 Å². The minimum Gasteiger partial charge on any atom is -0.355 e. The van der Waals surface area contributed by atoms with Gasteiger partial charge in [-0.05, 0) is 25.5 Å². The fourth-order valence-electron chi connectivity index (χ4n) is 1.81. The Morgan fingerprint density at radius 2 is 2.22 bits per heavy atom. The van der Waals surface area contributed by atoms with Gasteiger partial charge in [0.15, 0.2) is 0 Å². The number of hydrogen-bond donors (Lipinski definition) is 2. The molecule has 0 radical (unpaired) electrons. The van der Waals surface area contributed by atoms with Crippen molar-refractivity contribution in [2.24, 2.45) is 5.92 Å². The molecule has 0 atom stereocenters. The molecule has 98 valence electrons. The van der Waals surface area contributed by atoms with Crippen LogP contribution in [-0.4, -0.2) is 31.3 Å². The Balaban J connectivity index is 1.75. The van der Waals surface area contributed by atoms with E-state index in [0.717, 1.165) is 19.6 Å². The maximum atomic E-state index is 11.7. The summed E-state index contributed by atoms with van der Waals surface area (Å²) in [5.41, 5.74) is 2.48. The van der Waals surface area contributed by atoms with E-state index in [1.807, 2.05) is 0 Å². The minimum absolute atomic E-state index is 0.132. The van der Waals surface area contributed by atoms with Gasteiger partial charge in [-0.15, -0.1) is 11.8 Å². The van der Waals surface area contributed by atoms with Crippen LogP contribution in [0.3, 0.4) is 0 Å². The molecule has 1 heterocycles. The fourth-order valence-corrected chi connectivity index (χ4v) is 2.76. The lowest BCUT2D eigenvalue weighted by Crippen LogP contribution is -2.48. The third-order valence-electron chi connectivity index (χ3n) is 3.16. The zero-order valence-corrected chi connectivity index (χ0v) is 11.8. The lowest BCUT2D eigenvalue weighted by Gasteiger charge is -2.27. The summed E-state index contributed by atoms with van der Waals surface area (Å²) in [5.74, 6) is 1.26. The van der Waals surface area contributed by atoms with E-state index in [1.54, 1.807) is 11.8 Å². The molecule has 4 heteroatoms. The zero-order valence-electron chi connectivity index (χ0n) is 11.0.